The minimum atomic E-state index is -0.375. The van der Waals surface area contributed by atoms with Crippen molar-refractivity contribution in [1.29, 1.82) is 0 Å². The molecule has 0 saturated carbocycles. The monoisotopic (exact) mass is 450 g/mol. The summed E-state index contributed by atoms with van der Waals surface area (Å²) in [6.07, 6.45) is 0. The number of anilines is 1. The maximum Gasteiger partial charge on any atom is 0.258 e. The Bertz CT molecular complexity index is 709. The molecule has 108 valence electrons. The Hall–Kier alpha value is -0.890. The fourth-order valence-electron chi connectivity index (χ4n) is 1.56. The average molecular weight is 451 g/mol. The van der Waals surface area contributed by atoms with Crippen molar-refractivity contribution in [2.75, 3.05) is 5.32 Å². The van der Waals surface area contributed by atoms with Crippen LogP contribution < -0.4 is 10.6 Å². The molecule has 0 spiro atoms. The maximum atomic E-state index is 12.0. The van der Waals surface area contributed by atoms with Gasteiger partial charge in [-0.15, -0.1) is 0 Å². The first-order valence-electron chi connectivity index (χ1n) is 5.79. The summed E-state index contributed by atoms with van der Waals surface area (Å²) >= 11 is 19.3. The Morgan fingerprint density at radius 3 is 2.48 bits per heavy atom. The summed E-state index contributed by atoms with van der Waals surface area (Å²) in [6.45, 7) is 0. The fourth-order valence-corrected chi connectivity index (χ4v) is 2.89. The molecule has 21 heavy (non-hydrogen) atoms. The van der Waals surface area contributed by atoms with Gasteiger partial charge in [-0.05, 0) is 65.1 Å². The third-order valence-corrected chi connectivity index (χ3v) is 4.04. The average Bonchev–Trinajstić information content (AvgIpc) is 2.42. The predicted molar refractivity (Wildman–Crippen MR) is 99.3 cm³/mol. The summed E-state index contributed by atoms with van der Waals surface area (Å²) in [4.78, 5) is 12.0. The van der Waals surface area contributed by atoms with Crippen LogP contribution in [0, 0.1) is 3.57 Å². The van der Waals surface area contributed by atoms with Gasteiger partial charge in [0.05, 0.1) is 21.3 Å². The van der Waals surface area contributed by atoms with Crippen LogP contribution in [-0.2, 0) is 0 Å². The number of amides is 1. The quantitative estimate of drug-likeness (QED) is 0.513. The molecular weight excluding hydrogens is 442 g/mol. The number of thiocarbonyl (C=S) groups is 1. The van der Waals surface area contributed by atoms with Crippen LogP contribution in [0.3, 0.4) is 0 Å². The smallest absolute Gasteiger partial charge is 0.258 e. The summed E-state index contributed by atoms with van der Waals surface area (Å²) in [6, 6.07) is 12.2. The first-order chi connectivity index (χ1) is 9.97. The van der Waals surface area contributed by atoms with E-state index >= 15 is 0 Å². The van der Waals surface area contributed by atoms with Gasteiger partial charge in [0.15, 0.2) is 5.11 Å². The SMILES string of the molecule is O=C(NC(=S)Nc1ccc(I)cc1Cl)c1ccccc1Cl. The standard InChI is InChI=1S/C14H9Cl2IN2OS/c15-10-4-2-1-3-9(10)13(20)19-14(21)18-12-6-5-8(17)7-11(12)16/h1-7H,(H2,18,19,20,21). The van der Waals surface area contributed by atoms with Crippen LogP contribution in [0.4, 0.5) is 5.69 Å². The third kappa shape index (κ3) is 4.54. The van der Waals surface area contributed by atoms with Gasteiger partial charge in [-0.3, -0.25) is 10.1 Å². The molecule has 3 nitrogen and oxygen atoms in total. The number of carbonyl (C=O) groups is 1. The van der Waals surface area contributed by atoms with E-state index in [1.165, 1.54) is 0 Å². The van der Waals surface area contributed by atoms with Crippen LogP contribution in [0.15, 0.2) is 42.5 Å². The highest BCUT2D eigenvalue weighted by Crippen LogP contribution is 2.23. The largest absolute Gasteiger partial charge is 0.331 e. The van der Waals surface area contributed by atoms with E-state index < -0.39 is 0 Å². The van der Waals surface area contributed by atoms with Gasteiger partial charge in [0.25, 0.3) is 5.91 Å². The van der Waals surface area contributed by atoms with Crippen molar-refractivity contribution in [3.8, 4) is 0 Å². The predicted octanol–water partition coefficient (Wildman–Crippen LogP) is 4.72. The van der Waals surface area contributed by atoms with E-state index in [1.54, 1.807) is 36.4 Å². The van der Waals surface area contributed by atoms with E-state index in [9.17, 15) is 4.79 Å². The number of halogens is 3. The molecule has 0 bridgehead atoms. The molecule has 0 aliphatic rings. The van der Waals surface area contributed by atoms with Crippen LogP contribution in [0.5, 0.6) is 0 Å². The first kappa shape index (κ1) is 16.5. The molecule has 2 aromatic carbocycles. The van der Waals surface area contributed by atoms with Gasteiger partial charge in [0, 0.05) is 3.57 Å². The molecule has 0 fully saturated rings. The second-order valence-corrected chi connectivity index (χ2v) is 6.48. The number of rotatable bonds is 2. The van der Waals surface area contributed by atoms with E-state index in [2.05, 4.69) is 33.2 Å². The molecule has 0 aromatic heterocycles. The van der Waals surface area contributed by atoms with Crippen molar-refractivity contribution in [3.05, 3.63) is 61.6 Å². The van der Waals surface area contributed by atoms with Crippen molar-refractivity contribution < 1.29 is 4.79 Å². The zero-order valence-electron chi connectivity index (χ0n) is 10.5. The molecule has 0 unspecified atom stereocenters. The number of benzene rings is 2. The van der Waals surface area contributed by atoms with E-state index in [1.807, 2.05) is 6.07 Å². The van der Waals surface area contributed by atoms with Crippen molar-refractivity contribution in [1.82, 2.24) is 5.32 Å². The van der Waals surface area contributed by atoms with Crippen LogP contribution in [-0.4, -0.2) is 11.0 Å². The van der Waals surface area contributed by atoms with Crippen LogP contribution in [0.1, 0.15) is 10.4 Å². The van der Waals surface area contributed by atoms with Crippen molar-refractivity contribution in [2.24, 2.45) is 0 Å². The van der Waals surface area contributed by atoms with Crippen molar-refractivity contribution in [3.63, 3.8) is 0 Å². The Morgan fingerprint density at radius 2 is 1.81 bits per heavy atom. The van der Waals surface area contributed by atoms with Crippen molar-refractivity contribution in [2.45, 2.75) is 0 Å². The number of nitrogens with one attached hydrogen (secondary N) is 2. The fraction of sp³-hybridized carbons (Fsp3) is 0. The van der Waals surface area contributed by atoms with Crippen LogP contribution >= 0.6 is 58.0 Å². The lowest BCUT2D eigenvalue weighted by Gasteiger charge is -2.11. The lowest BCUT2D eigenvalue weighted by molar-refractivity contribution is 0.0978. The molecule has 2 N–H and O–H groups in total. The molecule has 2 aromatic rings. The molecular formula is C14H9Cl2IN2OS. The van der Waals surface area contributed by atoms with Crippen LogP contribution in [0.2, 0.25) is 10.0 Å². The minimum Gasteiger partial charge on any atom is -0.331 e. The van der Waals surface area contributed by atoms with Crippen molar-refractivity contribution >= 4 is 74.7 Å². The zero-order valence-corrected chi connectivity index (χ0v) is 15.0. The Kier molecular flexibility index (Phi) is 5.80. The van der Waals surface area contributed by atoms with Crippen LogP contribution in [0.25, 0.3) is 0 Å². The Balaban J connectivity index is 2.05. The molecule has 0 saturated heterocycles. The molecule has 7 heteroatoms. The van der Waals surface area contributed by atoms with Gasteiger partial charge in [-0.25, -0.2) is 0 Å². The van der Waals surface area contributed by atoms with E-state index in [4.69, 9.17) is 35.4 Å². The lowest BCUT2D eigenvalue weighted by Crippen LogP contribution is -2.34. The van der Waals surface area contributed by atoms with Gasteiger partial charge in [0.1, 0.15) is 0 Å². The molecule has 0 aliphatic heterocycles. The first-order valence-corrected chi connectivity index (χ1v) is 8.03. The number of carbonyl (C=O) groups excluding carboxylic acids is 1. The van der Waals surface area contributed by atoms with Gasteiger partial charge in [-0.2, -0.15) is 0 Å². The van der Waals surface area contributed by atoms with Gasteiger partial charge < -0.3 is 5.32 Å². The summed E-state index contributed by atoms with van der Waals surface area (Å²) < 4.78 is 1.01. The highest BCUT2D eigenvalue weighted by atomic mass is 127. The summed E-state index contributed by atoms with van der Waals surface area (Å²) in [5.74, 6) is -0.375. The summed E-state index contributed by atoms with van der Waals surface area (Å²) in [7, 11) is 0. The summed E-state index contributed by atoms with van der Waals surface area (Å²) in [5.41, 5.74) is 0.985. The van der Waals surface area contributed by atoms with Gasteiger partial charge >= 0.3 is 0 Å². The second kappa shape index (κ2) is 7.40. The zero-order chi connectivity index (χ0) is 15.4. The molecule has 0 heterocycles. The minimum absolute atomic E-state index is 0.156. The molecule has 0 aliphatic carbocycles. The Labute approximate surface area is 151 Å². The second-order valence-electron chi connectivity index (χ2n) is 4.01. The number of hydrogen-bond donors (Lipinski definition) is 2. The van der Waals surface area contributed by atoms with E-state index in [-0.39, 0.29) is 11.0 Å². The molecule has 0 radical (unpaired) electrons. The number of hydrogen-bond acceptors (Lipinski definition) is 2. The topological polar surface area (TPSA) is 41.1 Å². The maximum absolute atomic E-state index is 12.0. The Morgan fingerprint density at radius 1 is 1.10 bits per heavy atom. The third-order valence-electron chi connectivity index (χ3n) is 2.52. The lowest BCUT2D eigenvalue weighted by atomic mass is 10.2. The molecule has 0 atom stereocenters. The van der Waals surface area contributed by atoms with E-state index in [0.29, 0.717) is 21.3 Å². The van der Waals surface area contributed by atoms with Gasteiger partial charge in [-0.1, -0.05) is 35.3 Å². The van der Waals surface area contributed by atoms with Gasteiger partial charge in [0.2, 0.25) is 0 Å². The normalized spacial score (nSPS) is 10.0. The molecule has 1 amide bonds. The highest BCUT2D eigenvalue weighted by molar-refractivity contribution is 14.1. The summed E-state index contributed by atoms with van der Waals surface area (Å²) in [5, 5.41) is 6.49. The van der Waals surface area contributed by atoms with E-state index in [0.717, 1.165) is 3.57 Å². The highest BCUT2D eigenvalue weighted by Gasteiger charge is 2.11. The molecule has 2 rings (SSSR count).